The van der Waals surface area contributed by atoms with Crippen molar-refractivity contribution < 1.29 is 27.2 Å². The molecule has 0 spiro atoms. The van der Waals surface area contributed by atoms with Gasteiger partial charge < -0.3 is 17.4 Å². The average molecular weight is 272 g/mol. The molecule has 5 heavy (non-hydrogen) atoms. The van der Waals surface area contributed by atoms with Crippen molar-refractivity contribution in [1.82, 2.24) is 0 Å². The molecule has 0 N–H and O–H groups in total. The van der Waals surface area contributed by atoms with Gasteiger partial charge in [0.05, 0.1) is 0 Å². The van der Waals surface area contributed by atoms with E-state index in [1.54, 1.807) is 0 Å². The van der Waals surface area contributed by atoms with Gasteiger partial charge in [-0.2, -0.15) is 0 Å². The van der Waals surface area contributed by atoms with Crippen LogP contribution in [0.15, 0.2) is 0 Å². The van der Waals surface area contributed by atoms with Crippen LogP contribution in [0.4, 0.5) is 0 Å². The molecule has 0 amide bonds. The average Bonchev–Trinajstić information content (AvgIpc) is 0.811. The molecule has 0 heterocycles. The van der Waals surface area contributed by atoms with Crippen LogP contribution in [0.5, 0.6) is 0 Å². The normalized spacial score (nSPS) is 5.00. The smallest absolute Gasteiger partial charge is 0.742 e. The second-order valence-electron chi connectivity index (χ2n) is 0.492. The molecule has 0 aliphatic rings. The first kappa shape index (κ1) is 9.16. The van der Waals surface area contributed by atoms with E-state index in [1.807, 2.05) is 0 Å². The Morgan fingerprint density at radius 3 is 1.80 bits per heavy atom. The van der Waals surface area contributed by atoms with Gasteiger partial charge in [-0.3, -0.25) is 0 Å². The molecule has 0 aromatic carbocycles. The third-order valence-corrected chi connectivity index (χ3v) is 0. The van der Waals surface area contributed by atoms with Crippen molar-refractivity contribution in [3.05, 3.63) is 0 Å². The molecule has 0 radical (unpaired) electrons. The van der Waals surface area contributed by atoms with Crippen molar-refractivity contribution in [1.29, 1.82) is 0 Å². The van der Waals surface area contributed by atoms with E-state index in [1.165, 1.54) is 6.92 Å². The first-order valence-electron chi connectivity index (χ1n) is 0.908. The predicted molar refractivity (Wildman–Crippen MR) is 18.0 cm³/mol. The zero-order valence-corrected chi connectivity index (χ0v) is 5.60. The Kier molecular flexibility index (Phi) is 8.48. The van der Waals surface area contributed by atoms with Gasteiger partial charge in [-0.25, -0.2) is 0 Å². The van der Waals surface area contributed by atoms with E-state index >= 15 is 0 Å². The van der Waals surface area contributed by atoms with E-state index in [0.29, 0.717) is 0 Å². The number of hydrogen-bond acceptors (Lipinski definition) is 2. The van der Waals surface area contributed by atoms with Crippen LogP contribution in [0.2, 0.25) is 0 Å². The summed E-state index contributed by atoms with van der Waals surface area (Å²) in [5, 5.41) is -0.250. The van der Waals surface area contributed by atoms with Gasteiger partial charge in [0.15, 0.2) is 0 Å². The summed E-state index contributed by atoms with van der Waals surface area (Å²) in [5.74, 6) is 0. The second-order valence-corrected chi connectivity index (χ2v) is 1.07. The fraction of sp³-hybridized carbons (Fsp3) is 0.500. The van der Waals surface area contributed by atoms with Gasteiger partial charge in [-0.05, 0) is 6.92 Å². The van der Waals surface area contributed by atoms with Crippen LogP contribution in [0.25, 0.3) is 0 Å². The van der Waals surface area contributed by atoms with E-state index < -0.39 is 0 Å². The van der Waals surface area contributed by atoms with Crippen molar-refractivity contribution in [2.45, 2.75) is 6.92 Å². The summed E-state index contributed by atoms with van der Waals surface area (Å²) >= 11 is 3.98. The van der Waals surface area contributed by atoms with E-state index in [4.69, 9.17) is 0 Å². The summed E-state index contributed by atoms with van der Waals surface area (Å²) in [6, 6.07) is 0. The largest absolute Gasteiger partial charge is 1.00 e. The van der Waals surface area contributed by atoms with Crippen LogP contribution in [-0.2, 0) is 39.8 Å². The van der Waals surface area contributed by atoms with Gasteiger partial charge >= 0.3 is 22.4 Å². The molecule has 0 atom stereocenters. The first-order valence-corrected chi connectivity index (χ1v) is 1.32. The maximum Gasteiger partial charge on any atom is 1.00 e. The van der Waals surface area contributed by atoms with Gasteiger partial charge in [0.1, 0.15) is 0 Å². The fourth-order valence-electron chi connectivity index (χ4n) is 0. The van der Waals surface area contributed by atoms with E-state index in [0.717, 1.165) is 0 Å². The first-order chi connectivity index (χ1) is 1.73. The van der Waals surface area contributed by atoms with Crippen LogP contribution in [0.3, 0.4) is 0 Å². The van der Waals surface area contributed by atoms with Crippen LogP contribution in [-0.4, -0.2) is 5.12 Å². The number of carbonyl (C=O) groups excluding carboxylic acids is 1. The molecule has 0 aromatic rings. The maximum atomic E-state index is 9.26. The molecular weight excluding hydrogens is 269 g/mol. The predicted octanol–water partition coefficient (Wildman–Crippen LogP) is 0.0773. The fourth-order valence-corrected chi connectivity index (χ4v) is 0. The monoisotopic (exact) mass is 272 g/mol. The van der Waals surface area contributed by atoms with Crippen molar-refractivity contribution in [3.63, 3.8) is 0 Å². The summed E-state index contributed by atoms with van der Waals surface area (Å²) in [6.07, 6.45) is 0. The Morgan fingerprint density at radius 2 is 1.80 bits per heavy atom. The molecule has 0 unspecified atom stereocenters. The number of carbonyl (C=O) groups is 1. The molecule has 0 saturated heterocycles. The number of rotatable bonds is 0. The Hall–Kier alpha value is 0.630. The van der Waals surface area contributed by atoms with Gasteiger partial charge in [-0.1, -0.05) is 0 Å². The van der Waals surface area contributed by atoms with Gasteiger partial charge in [0.2, 0.25) is 0 Å². The summed E-state index contributed by atoms with van der Waals surface area (Å²) in [7, 11) is 0. The van der Waals surface area contributed by atoms with Gasteiger partial charge in [0.25, 0.3) is 0 Å². The number of hydrogen-bond donors (Lipinski definition) is 0. The minimum absolute atomic E-state index is 0. The van der Waals surface area contributed by atoms with Crippen molar-refractivity contribution in [2.75, 3.05) is 0 Å². The molecule has 0 rings (SSSR count). The summed E-state index contributed by atoms with van der Waals surface area (Å²) in [6.45, 7) is 1.34. The zero-order chi connectivity index (χ0) is 3.58. The Morgan fingerprint density at radius 1 is 1.80 bits per heavy atom. The molecule has 0 aliphatic heterocycles. The van der Waals surface area contributed by atoms with Crippen molar-refractivity contribution in [2.24, 2.45) is 0 Å². The molecule has 0 saturated carbocycles. The van der Waals surface area contributed by atoms with Crippen LogP contribution >= 0.6 is 0 Å². The van der Waals surface area contributed by atoms with Crippen LogP contribution in [0.1, 0.15) is 6.92 Å². The van der Waals surface area contributed by atoms with Crippen molar-refractivity contribution >= 4 is 17.7 Å². The SMILES string of the molecule is CC(=O)[S-].[Au+]. The molecule has 1 nitrogen and oxygen atoms in total. The van der Waals surface area contributed by atoms with Crippen LogP contribution in [0, 0.1) is 0 Å². The Balaban J connectivity index is 0. The molecule has 0 fully saturated rings. The minimum Gasteiger partial charge on any atom is -0.742 e. The molecule has 0 aliphatic carbocycles. The van der Waals surface area contributed by atoms with Gasteiger partial charge in [0, 0.05) is 5.12 Å². The minimum atomic E-state index is -0.250. The second kappa shape index (κ2) is 4.63. The molecule has 3 heteroatoms. The maximum absolute atomic E-state index is 9.26. The van der Waals surface area contributed by atoms with Gasteiger partial charge in [-0.15, -0.1) is 0 Å². The summed E-state index contributed by atoms with van der Waals surface area (Å²) in [4.78, 5) is 9.26. The van der Waals surface area contributed by atoms with Crippen LogP contribution < -0.4 is 0 Å². The summed E-state index contributed by atoms with van der Waals surface area (Å²) in [5.41, 5.74) is 0. The zero-order valence-electron chi connectivity index (χ0n) is 2.62. The topological polar surface area (TPSA) is 17.1 Å². The summed E-state index contributed by atoms with van der Waals surface area (Å²) < 4.78 is 0. The quantitative estimate of drug-likeness (QED) is 0.459. The van der Waals surface area contributed by atoms with E-state index in [-0.39, 0.29) is 27.5 Å². The third kappa shape index (κ3) is 80.6. The standard InChI is InChI=1S/C2H4OS.Au/c1-2(3)4;/h1H3,(H,3,4);/q;+1/p-1. The molecule has 0 aromatic heterocycles. The molecular formula is C2H3AuOS. The molecule has 34 valence electrons. The van der Waals surface area contributed by atoms with E-state index in [9.17, 15) is 4.79 Å². The van der Waals surface area contributed by atoms with Crippen molar-refractivity contribution in [3.8, 4) is 0 Å². The molecule has 0 bridgehead atoms. The Bertz CT molecular complexity index is 32.6. The Labute approximate surface area is 52.1 Å². The van der Waals surface area contributed by atoms with E-state index in [2.05, 4.69) is 12.6 Å². The third-order valence-electron chi connectivity index (χ3n) is 0.